The lowest BCUT2D eigenvalue weighted by atomic mass is 10.3. The number of halogens is 1. The van der Waals surface area contributed by atoms with Crippen LogP contribution in [0.25, 0.3) is 0 Å². The highest BCUT2D eigenvalue weighted by Crippen LogP contribution is 2.32. The molecule has 0 unspecified atom stereocenters. The highest BCUT2D eigenvalue weighted by atomic mass is 32.2. The van der Waals surface area contributed by atoms with Gasteiger partial charge in [0, 0.05) is 19.0 Å². The molecular weight excluding hydrogens is 287 g/mol. The number of benzene rings is 1. The summed E-state index contributed by atoms with van der Waals surface area (Å²) in [5.74, 6) is -0.733. The van der Waals surface area contributed by atoms with Crippen molar-refractivity contribution in [2.24, 2.45) is 5.73 Å². The normalized spacial score (nSPS) is 15.7. The fourth-order valence-electron chi connectivity index (χ4n) is 1.86. The molecule has 0 aromatic heterocycles. The Morgan fingerprint density at radius 2 is 2.05 bits per heavy atom. The van der Waals surface area contributed by atoms with Crippen molar-refractivity contribution < 1.29 is 12.8 Å². The summed E-state index contributed by atoms with van der Waals surface area (Å²) in [6.07, 6.45) is 1.90. The monoisotopic (exact) mass is 302 g/mol. The Kier molecular flexibility index (Phi) is 4.17. The van der Waals surface area contributed by atoms with Crippen LogP contribution in [0.2, 0.25) is 0 Å². The molecule has 0 spiro atoms. The predicted molar refractivity (Wildman–Crippen MR) is 74.7 cm³/mol. The van der Waals surface area contributed by atoms with E-state index in [4.69, 9.17) is 18.0 Å². The van der Waals surface area contributed by atoms with E-state index in [0.29, 0.717) is 6.42 Å². The molecule has 4 nitrogen and oxygen atoms in total. The standard InChI is InChI=1S/C12H15FN2O2S2/c13-10-3-1-2-4-11(10)19(16,17)15(9-5-6-9)8-7-12(14)18/h1-4,9H,5-8H2,(H2,14,18). The van der Waals surface area contributed by atoms with Crippen LogP contribution in [-0.2, 0) is 10.0 Å². The molecule has 1 saturated carbocycles. The van der Waals surface area contributed by atoms with Gasteiger partial charge in [-0.1, -0.05) is 24.4 Å². The molecule has 0 atom stereocenters. The maximum Gasteiger partial charge on any atom is 0.246 e. The zero-order valence-electron chi connectivity index (χ0n) is 10.3. The first-order chi connectivity index (χ1) is 8.93. The van der Waals surface area contributed by atoms with Crippen LogP contribution in [-0.4, -0.2) is 30.3 Å². The summed E-state index contributed by atoms with van der Waals surface area (Å²) in [5.41, 5.74) is 5.41. The first kappa shape index (κ1) is 14.4. The SMILES string of the molecule is NC(=S)CCN(C1CC1)S(=O)(=O)c1ccccc1F. The second-order valence-electron chi connectivity index (χ2n) is 4.49. The topological polar surface area (TPSA) is 63.4 Å². The number of hydrogen-bond donors (Lipinski definition) is 1. The van der Waals surface area contributed by atoms with Crippen LogP contribution in [0.15, 0.2) is 29.2 Å². The van der Waals surface area contributed by atoms with Crippen LogP contribution in [0, 0.1) is 5.82 Å². The van der Waals surface area contributed by atoms with Crippen molar-refractivity contribution in [1.29, 1.82) is 0 Å². The Morgan fingerprint density at radius 3 is 2.58 bits per heavy atom. The van der Waals surface area contributed by atoms with Gasteiger partial charge in [0.05, 0.1) is 4.99 Å². The smallest absolute Gasteiger partial charge is 0.246 e. The highest BCUT2D eigenvalue weighted by Gasteiger charge is 2.38. The first-order valence-electron chi connectivity index (χ1n) is 5.97. The average Bonchev–Trinajstić information content (AvgIpc) is 3.13. The molecule has 1 aromatic rings. The fraction of sp³-hybridized carbons (Fsp3) is 0.417. The van der Waals surface area contributed by atoms with E-state index in [2.05, 4.69) is 0 Å². The van der Waals surface area contributed by atoms with Crippen molar-refractivity contribution in [2.75, 3.05) is 6.54 Å². The molecule has 0 bridgehead atoms. The molecule has 0 aliphatic heterocycles. The van der Waals surface area contributed by atoms with Gasteiger partial charge in [-0.25, -0.2) is 12.8 Å². The number of nitrogens with zero attached hydrogens (tertiary/aromatic N) is 1. The molecule has 0 amide bonds. The summed E-state index contributed by atoms with van der Waals surface area (Å²) >= 11 is 4.77. The lowest BCUT2D eigenvalue weighted by Gasteiger charge is -2.21. The third-order valence-corrected chi connectivity index (χ3v) is 5.15. The van der Waals surface area contributed by atoms with Crippen LogP contribution in [0.4, 0.5) is 4.39 Å². The molecule has 19 heavy (non-hydrogen) atoms. The largest absolute Gasteiger partial charge is 0.393 e. The Bertz CT molecular complexity index is 585. The van der Waals surface area contributed by atoms with Crippen LogP contribution in [0.3, 0.4) is 0 Å². The zero-order valence-corrected chi connectivity index (χ0v) is 11.9. The molecule has 0 saturated heterocycles. The Balaban J connectivity index is 2.29. The van der Waals surface area contributed by atoms with E-state index in [0.717, 1.165) is 18.9 Å². The van der Waals surface area contributed by atoms with Gasteiger partial charge in [-0.05, 0) is 25.0 Å². The van der Waals surface area contributed by atoms with Crippen molar-refractivity contribution >= 4 is 27.2 Å². The average molecular weight is 302 g/mol. The van der Waals surface area contributed by atoms with Crippen molar-refractivity contribution in [3.63, 3.8) is 0 Å². The lowest BCUT2D eigenvalue weighted by Crippen LogP contribution is -2.36. The molecule has 1 aliphatic carbocycles. The van der Waals surface area contributed by atoms with E-state index in [1.807, 2.05) is 0 Å². The van der Waals surface area contributed by atoms with E-state index < -0.39 is 15.8 Å². The third-order valence-electron chi connectivity index (χ3n) is 2.96. The van der Waals surface area contributed by atoms with Crippen molar-refractivity contribution in [2.45, 2.75) is 30.2 Å². The van der Waals surface area contributed by atoms with Gasteiger partial charge < -0.3 is 5.73 Å². The van der Waals surface area contributed by atoms with Gasteiger partial charge in [0.15, 0.2) is 0 Å². The van der Waals surface area contributed by atoms with Crippen LogP contribution < -0.4 is 5.73 Å². The molecule has 2 N–H and O–H groups in total. The Hall–Kier alpha value is -1.05. The summed E-state index contributed by atoms with van der Waals surface area (Å²) in [5, 5.41) is 0. The predicted octanol–water partition coefficient (Wildman–Crippen LogP) is 1.65. The van der Waals surface area contributed by atoms with E-state index in [1.54, 1.807) is 0 Å². The van der Waals surface area contributed by atoms with E-state index in [-0.39, 0.29) is 22.5 Å². The van der Waals surface area contributed by atoms with E-state index >= 15 is 0 Å². The second-order valence-corrected chi connectivity index (χ2v) is 6.88. The zero-order chi connectivity index (χ0) is 14.0. The quantitative estimate of drug-likeness (QED) is 0.812. The number of hydrogen-bond acceptors (Lipinski definition) is 3. The second kappa shape index (κ2) is 5.52. The summed E-state index contributed by atoms with van der Waals surface area (Å²) in [6, 6.07) is 5.34. The molecule has 0 radical (unpaired) electrons. The van der Waals surface area contributed by atoms with Gasteiger partial charge in [-0.2, -0.15) is 4.31 Å². The maximum atomic E-state index is 13.7. The highest BCUT2D eigenvalue weighted by molar-refractivity contribution is 7.89. The molecule has 104 valence electrons. The van der Waals surface area contributed by atoms with Crippen molar-refractivity contribution in [3.05, 3.63) is 30.1 Å². The van der Waals surface area contributed by atoms with E-state index in [1.165, 1.54) is 22.5 Å². The Labute approximate surface area is 117 Å². The number of thiocarbonyl (C=S) groups is 1. The molecule has 1 aliphatic rings. The van der Waals surface area contributed by atoms with Gasteiger partial charge in [-0.15, -0.1) is 0 Å². The van der Waals surface area contributed by atoms with Crippen LogP contribution >= 0.6 is 12.2 Å². The molecule has 1 fully saturated rings. The third kappa shape index (κ3) is 3.29. The van der Waals surface area contributed by atoms with Crippen molar-refractivity contribution in [1.82, 2.24) is 4.31 Å². The molecule has 1 aromatic carbocycles. The number of nitrogens with two attached hydrogens (primary N) is 1. The maximum absolute atomic E-state index is 13.7. The summed E-state index contributed by atoms with van der Waals surface area (Å²) < 4.78 is 39.9. The lowest BCUT2D eigenvalue weighted by molar-refractivity contribution is 0.409. The minimum absolute atomic E-state index is 0.0565. The minimum atomic E-state index is -3.82. The minimum Gasteiger partial charge on any atom is -0.393 e. The van der Waals surface area contributed by atoms with Crippen molar-refractivity contribution in [3.8, 4) is 0 Å². The number of rotatable bonds is 6. The van der Waals surface area contributed by atoms with Gasteiger partial charge in [0.2, 0.25) is 10.0 Å². The van der Waals surface area contributed by atoms with E-state index in [9.17, 15) is 12.8 Å². The summed E-state index contributed by atoms with van der Waals surface area (Å²) in [4.78, 5) is -0.0285. The van der Waals surface area contributed by atoms with Gasteiger partial charge >= 0.3 is 0 Å². The Morgan fingerprint density at radius 1 is 1.42 bits per heavy atom. The molecule has 7 heteroatoms. The molecule has 0 heterocycles. The molecular formula is C12H15FN2O2S2. The summed E-state index contributed by atoms with van der Waals surface area (Å²) in [6.45, 7) is 0.205. The molecule has 2 rings (SSSR count). The van der Waals surface area contributed by atoms with Gasteiger partial charge in [0.1, 0.15) is 10.7 Å². The van der Waals surface area contributed by atoms with Gasteiger partial charge in [0.25, 0.3) is 0 Å². The van der Waals surface area contributed by atoms with Crippen LogP contribution in [0.1, 0.15) is 19.3 Å². The first-order valence-corrected chi connectivity index (χ1v) is 7.82. The van der Waals surface area contributed by atoms with Gasteiger partial charge in [-0.3, -0.25) is 0 Å². The fourth-order valence-corrected chi connectivity index (χ4v) is 3.71. The van der Waals surface area contributed by atoms with Crippen LogP contribution in [0.5, 0.6) is 0 Å². The summed E-state index contributed by atoms with van der Waals surface area (Å²) in [7, 11) is -3.82. The number of sulfonamides is 1.